The number of amides is 1. The molecule has 0 radical (unpaired) electrons. The minimum atomic E-state index is -1.29. The molecule has 1 aromatic heterocycles. The summed E-state index contributed by atoms with van der Waals surface area (Å²) >= 11 is 0. The third-order valence-corrected chi connectivity index (χ3v) is 4.79. The molecule has 11 heteroatoms. The summed E-state index contributed by atoms with van der Waals surface area (Å²) in [7, 11) is 2.55. The number of nitrogens with zero attached hydrogens (tertiary/aromatic N) is 4. The number of benzene rings is 1. The molecule has 0 saturated carbocycles. The molecule has 0 saturated heterocycles. The number of nitrogens with one attached hydrogen (secondary N) is 1. The van der Waals surface area contributed by atoms with Gasteiger partial charge in [-0.25, -0.2) is 9.48 Å². The van der Waals surface area contributed by atoms with Gasteiger partial charge in [0.25, 0.3) is 0 Å². The fraction of sp³-hybridized carbons (Fsp3) is 0.500. The van der Waals surface area contributed by atoms with Crippen LogP contribution >= 0.6 is 0 Å². The van der Waals surface area contributed by atoms with Crippen molar-refractivity contribution in [1.29, 1.82) is 0 Å². The zero-order chi connectivity index (χ0) is 22.4. The number of para-hydroxylation sites is 1. The lowest BCUT2D eigenvalue weighted by atomic mass is 9.72. The lowest BCUT2D eigenvalue weighted by Gasteiger charge is -2.29. The van der Waals surface area contributed by atoms with Crippen molar-refractivity contribution in [2.75, 3.05) is 20.7 Å². The van der Waals surface area contributed by atoms with Crippen LogP contribution in [0.4, 0.5) is 0 Å². The van der Waals surface area contributed by atoms with Crippen LogP contribution in [0.5, 0.6) is 5.75 Å². The summed E-state index contributed by atoms with van der Waals surface area (Å²) in [6.07, 6.45) is 3.73. The Morgan fingerprint density at radius 1 is 1.42 bits per heavy atom. The Morgan fingerprint density at radius 3 is 2.97 bits per heavy atom. The van der Waals surface area contributed by atoms with Crippen molar-refractivity contribution in [1.82, 2.24) is 25.2 Å². The van der Waals surface area contributed by atoms with Gasteiger partial charge in [-0.3, -0.25) is 4.79 Å². The summed E-state index contributed by atoms with van der Waals surface area (Å²) in [6, 6.07) is 5.14. The van der Waals surface area contributed by atoms with Crippen LogP contribution in [-0.2, 0) is 29.0 Å². The van der Waals surface area contributed by atoms with Gasteiger partial charge in [-0.2, -0.15) is 0 Å². The van der Waals surface area contributed by atoms with Gasteiger partial charge in [0.05, 0.1) is 24.4 Å². The Balaban J connectivity index is 1.62. The van der Waals surface area contributed by atoms with Crippen molar-refractivity contribution >= 4 is 19.0 Å². The van der Waals surface area contributed by atoms with Crippen molar-refractivity contribution in [3.8, 4) is 5.75 Å². The van der Waals surface area contributed by atoms with Crippen LogP contribution in [0.1, 0.15) is 41.4 Å². The molecule has 0 bridgehead atoms. The second kappa shape index (κ2) is 10.4. The van der Waals surface area contributed by atoms with E-state index in [0.29, 0.717) is 25.3 Å². The molecule has 10 nitrogen and oxygen atoms in total. The van der Waals surface area contributed by atoms with Crippen LogP contribution in [0, 0.1) is 0 Å². The highest BCUT2D eigenvalue weighted by Gasteiger charge is 2.38. The van der Waals surface area contributed by atoms with Gasteiger partial charge >= 0.3 is 13.1 Å². The molecule has 0 spiro atoms. The topological polar surface area (TPSA) is 119 Å². The lowest BCUT2D eigenvalue weighted by molar-refractivity contribution is -0.122. The van der Waals surface area contributed by atoms with Gasteiger partial charge in [0.15, 0.2) is 0 Å². The number of carbonyl (C=O) groups is 2. The van der Waals surface area contributed by atoms with Crippen molar-refractivity contribution in [2.45, 2.75) is 45.2 Å². The number of ether oxygens (including phenoxy) is 1. The molecule has 1 aliphatic heterocycles. The van der Waals surface area contributed by atoms with Crippen molar-refractivity contribution in [3.05, 3.63) is 41.2 Å². The quantitative estimate of drug-likeness (QED) is 0.335. The first kappa shape index (κ1) is 22.8. The fourth-order valence-corrected chi connectivity index (χ4v) is 3.31. The number of rotatable bonds is 9. The average Bonchev–Trinajstić information content (AvgIpc) is 3.14. The molecule has 2 N–H and O–H groups in total. The molecular weight excluding hydrogens is 401 g/mol. The summed E-state index contributed by atoms with van der Waals surface area (Å²) in [4.78, 5) is 26.8. The normalized spacial score (nSPS) is 15.4. The number of aromatic nitrogens is 3. The van der Waals surface area contributed by atoms with E-state index in [1.807, 2.05) is 25.9 Å². The Kier molecular flexibility index (Phi) is 7.64. The van der Waals surface area contributed by atoms with E-state index in [0.717, 1.165) is 24.1 Å². The molecule has 1 aromatic carbocycles. The number of unbranched alkanes of at least 4 members (excludes halogenated alkanes) is 1. The molecule has 3 rings (SSSR count). The van der Waals surface area contributed by atoms with Crippen LogP contribution in [0.2, 0.25) is 0 Å². The van der Waals surface area contributed by atoms with Crippen LogP contribution in [0.15, 0.2) is 24.4 Å². The smallest absolute Gasteiger partial charge is 0.534 e. The summed E-state index contributed by atoms with van der Waals surface area (Å²) in [5.41, 5.74) is 1.74. The molecule has 1 aliphatic rings. The maximum absolute atomic E-state index is 12.4. The standard InChI is InChI=1S/C20H28BN5O5/c1-4-5-9-30-20(28)16-8-6-7-14-10-17(21(29)31-19(14)16)22-18(27)13-26-12-15(23-24-26)11-25(2)3/h6-8,12,17,29H,4-5,9-11,13H2,1-3H3,(H,22,27)/t17-/m0/s1. The Morgan fingerprint density at radius 2 is 2.23 bits per heavy atom. The highest BCUT2D eigenvalue weighted by atomic mass is 16.5. The third-order valence-electron chi connectivity index (χ3n) is 4.79. The molecule has 1 amide bonds. The number of hydrogen-bond donors (Lipinski definition) is 2. The predicted octanol–water partition coefficient (Wildman–Crippen LogP) is 0.436. The highest BCUT2D eigenvalue weighted by molar-refractivity contribution is 6.47. The molecular formula is C20H28BN5O5. The summed E-state index contributed by atoms with van der Waals surface area (Å²) in [5.74, 6) is -1.17. The van der Waals surface area contributed by atoms with E-state index < -0.39 is 19.0 Å². The lowest BCUT2D eigenvalue weighted by Crippen LogP contribution is -2.53. The molecule has 166 valence electrons. The van der Waals surface area contributed by atoms with E-state index in [4.69, 9.17) is 9.39 Å². The fourth-order valence-electron chi connectivity index (χ4n) is 3.31. The van der Waals surface area contributed by atoms with Gasteiger partial charge in [-0.05, 0) is 38.6 Å². The second-order valence-electron chi connectivity index (χ2n) is 7.82. The summed E-state index contributed by atoms with van der Waals surface area (Å²) in [5, 5.41) is 21.2. The number of fused-ring (bicyclic) bond motifs is 1. The first-order valence-corrected chi connectivity index (χ1v) is 10.3. The van der Waals surface area contributed by atoms with Crippen LogP contribution in [-0.4, -0.2) is 70.6 Å². The van der Waals surface area contributed by atoms with Gasteiger partial charge < -0.3 is 24.6 Å². The zero-order valence-corrected chi connectivity index (χ0v) is 18.1. The predicted molar refractivity (Wildman–Crippen MR) is 113 cm³/mol. The number of esters is 1. The largest absolute Gasteiger partial charge is 0.547 e. The maximum Gasteiger partial charge on any atom is 0.547 e. The van der Waals surface area contributed by atoms with Crippen molar-refractivity contribution in [3.63, 3.8) is 0 Å². The third kappa shape index (κ3) is 6.05. The number of hydrogen-bond acceptors (Lipinski definition) is 8. The monoisotopic (exact) mass is 429 g/mol. The molecule has 31 heavy (non-hydrogen) atoms. The molecule has 0 aliphatic carbocycles. The molecule has 2 aromatic rings. The minimum absolute atomic E-state index is 0.0275. The van der Waals surface area contributed by atoms with Gasteiger partial charge in [0.2, 0.25) is 5.91 Å². The first-order valence-electron chi connectivity index (χ1n) is 10.3. The maximum atomic E-state index is 12.4. The molecule has 2 heterocycles. The van der Waals surface area contributed by atoms with Gasteiger partial charge in [-0.15, -0.1) is 5.10 Å². The van der Waals surface area contributed by atoms with E-state index in [-0.39, 0.29) is 18.0 Å². The summed E-state index contributed by atoms with van der Waals surface area (Å²) < 4.78 is 12.3. The summed E-state index contributed by atoms with van der Waals surface area (Å²) in [6.45, 7) is 2.94. The first-order chi connectivity index (χ1) is 14.9. The average molecular weight is 429 g/mol. The Bertz CT molecular complexity index is 919. The van der Waals surface area contributed by atoms with Crippen molar-refractivity contribution in [2.24, 2.45) is 0 Å². The second-order valence-corrected chi connectivity index (χ2v) is 7.82. The molecule has 0 fully saturated rings. The van der Waals surface area contributed by atoms with Gasteiger partial charge in [-0.1, -0.05) is 30.7 Å². The van der Waals surface area contributed by atoms with E-state index in [1.54, 1.807) is 24.4 Å². The van der Waals surface area contributed by atoms with Crippen LogP contribution < -0.4 is 9.97 Å². The van der Waals surface area contributed by atoms with Gasteiger partial charge in [0, 0.05) is 6.54 Å². The number of carbonyl (C=O) groups excluding carboxylic acids is 2. The Labute approximate surface area is 181 Å². The van der Waals surface area contributed by atoms with Gasteiger partial charge in [0.1, 0.15) is 17.9 Å². The van der Waals surface area contributed by atoms with E-state index in [1.165, 1.54) is 4.68 Å². The van der Waals surface area contributed by atoms with Crippen LogP contribution in [0.25, 0.3) is 0 Å². The molecule has 1 atom stereocenters. The minimum Gasteiger partial charge on any atom is -0.534 e. The SMILES string of the molecule is CCCCOC(=O)c1cccc2c1OB(O)[C@@H](NC(=O)Cn1cc(CN(C)C)nn1)C2. The van der Waals surface area contributed by atoms with Crippen LogP contribution in [0.3, 0.4) is 0 Å². The van der Waals surface area contributed by atoms with Crippen molar-refractivity contribution < 1.29 is 24.0 Å². The Hall–Kier alpha value is -2.92. The van der Waals surface area contributed by atoms with E-state index in [2.05, 4.69) is 15.6 Å². The zero-order valence-electron chi connectivity index (χ0n) is 18.1. The van der Waals surface area contributed by atoms with E-state index in [9.17, 15) is 14.6 Å². The van der Waals surface area contributed by atoms with E-state index >= 15 is 0 Å². The highest BCUT2D eigenvalue weighted by Crippen LogP contribution is 2.30. The molecule has 0 unspecified atom stereocenters.